The van der Waals surface area contributed by atoms with Gasteiger partial charge >= 0.3 is 0 Å². The van der Waals surface area contributed by atoms with Crippen LogP contribution >= 0.6 is 11.8 Å². The highest BCUT2D eigenvalue weighted by Gasteiger charge is 2.24. The predicted molar refractivity (Wildman–Crippen MR) is 66.3 cm³/mol. The summed E-state index contributed by atoms with van der Waals surface area (Å²) in [7, 11) is 0. The van der Waals surface area contributed by atoms with E-state index in [2.05, 4.69) is 5.32 Å². The fraction of sp³-hybridized carbons (Fsp3) is 0.182. The molecule has 1 aliphatic heterocycles. The number of thioether (sulfide) groups is 1. The maximum Gasteiger partial charge on any atom is 0.269 e. The molecule has 17 heavy (non-hydrogen) atoms. The Balaban J connectivity index is 2.17. The Kier molecular flexibility index (Phi) is 3.14. The first-order valence-electron chi connectivity index (χ1n) is 5.00. The Morgan fingerprint density at radius 1 is 1.41 bits per heavy atom. The molecule has 1 amide bonds. The summed E-state index contributed by atoms with van der Waals surface area (Å²) in [5.74, 6) is -0.0110. The number of rotatable bonds is 2. The lowest BCUT2D eigenvalue weighted by Gasteiger charge is -1.97. The first-order chi connectivity index (χ1) is 8.06. The van der Waals surface area contributed by atoms with Crippen molar-refractivity contribution in [2.75, 3.05) is 0 Å². The lowest BCUT2D eigenvalue weighted by atomic mass is 10.2. The van der Waals surface area contributed by atoms with E-state index in [9.17, 15) is 14.9 Å². The summed E-state index contributed by atoms with van der Waals surface area (Å²) in [5, 5.41) is 13.9. The first kappa shape index (κ1) is 11.7. The van der Waals surface area contributed by atoms with Gasteiger partial charge in [-0.1, -0.05) is 11.8 Å². The van der Waals surface area contributed by atoms with E-state index in [1.807, 2.05) is 6.92 Å². The van der Waals surface area contributed by atoms with Crippen LogP contribution in [0.4, 0.5) is 5.69 Å². The van der Waals surface area contributed by atoms with Crippen LogP contribution in [0.5, 0.6) is 0 Å². The van der Waals surface area contributed by atoms with Gasteiger partial charge in [-0.3, -0.25) is 14.9 Å². The van der Waals surface area contributed by atoms with Crippen LogP contribution in [0, 0.1) is 10.1 Å². The molecule has 1 aromatic rings. The van der Waals surface area contributed by atoms with E-state index in [0.717, 1.165) is 10.6 Å². The molecule has 0 bridgehead atoms. The highest BCUT2D eigenvalue weighted by molar-refractivity contribution is 8.04. The molecule has 1 heterocycles. The van der Waals surface area contributed by atoms with Crippen molar-refractivity contribution in [3.05, 3.63) is 45.0 Å². The van der Waals surface area contributed by atoms with E-state index >= 15 is 0 Å². The van der Waals surface area contributed by atoms with Crippen LogP contribution in [0.25, 0.3) is 6.08 Å². The van der Waals surface area contributed by atoms with Crippen molar-refractivity contribution in [2.45, 2.75) is 12.2 Å². The number of carbonyl (C=O) groups excluding carboxylic acids is 1. The molecule has 1 unspecified atom stereocenters. The van der Waals surface area contributed by atoms with Gasteiger partial charge in [-0.15, -0.1) is 0 Å². The largest absolute Gasteiger partial charge is 0.320 e. The number of amides is 1. The lowest BCUT2D eigenvalue weighted by Crippen LogP contribution is -2.19. The lowest BCUT2D eigenvalue weighted by molar-refractivity contribution is -0.384. The predicted octanol–water partition coefficient (Wildman–Crippen LogP) is 2.14. The SMILES string of the molecule is CC1S/C(=C\c2ccc([N+](=O)[O-])cc2)NC1=O. The topological polar surface area (TPSA) is 72.2 Å². The van der Waals surface area contributed by atoms with E-state index < -0.39 is 4.92 Å². The van der Waals surface area contributed by atoms with E-state index in [1.54, 1.807) is 18.2 Å². The van der Waals surface area contributed by atoms with Gasteiger partial charge in [0.1, 0.15) is 0 Å². The Hall–Kier alpha value is -1.82. The minimum absolute atomic E-state index is 0.0110. The van der Waals surface area contributed by atoms with Gasteiger partial charge in [0.25, 0.3) is 5.69 Å². The third kappa shape index (κ3) is 2.65. The Morgan fingerprint density at radius 3 is 2.53 bits per heavy atom. The Bertz CT molecular complexity index is 496. The molecule has 0 aromatic heterocycles. The second-order valence-corrected chi connectivity index (χ2v) is 4.99. The van der Waals surface area contributed by atoms with Crippen LogP contribution < -0.4 is 5.32 Å². The molecule has 1 saturated heterocycles. The molecule has 88 valence electrons. The second-order valence-electron chi connectivity index (χ2n) is 3.61. The number of benzene rings is 1. The zero-order valence-corrected chi connectivity index (χ0v) is 9.86. The molecule has 6 heteroatoms. The monoisotopic (exact) mass is 250 g/mol. The third-order valence-electron chi connectivity index (χ3n) is 2.32. The summed E-state index contributed by atoms with van der Waals surface area (Å²) in [5.41, 5.74) is 0.885. The molecule has 0 saturated carbocycles. The quantitative estimate of drug-likeness (QED) is 0.644. The van der Waals surface area contributed by atoms with Crippen LogP contribution in [-0.2, 0) is 4.79 Å². The number of nitro benzene ring substituents is 1. The standard InChI is InChI=1S/C11H10N2O3S/c1-7-11(14)12-10(17-7)6-8-2-4-9(5-3-8)13(15)16/h2-7H,1H3,(H,12,14)/b10-6-. The third-order valence-corrected chi connectivity index (χ3v) is 3.36. The van der Waals surface area contributed by atoms with E-state index in [-0.39, 0.29) is 16.8 Å². The molecule has 0 spiro atoms. The maximum absolute atomic E-state index is 11.3. The van der Waals surface area contributed by atoms with E-state index in [4.69, 9.17) is 0 Å². The average molecular weight is 250 g/mol. The van der Waals surface area contributed by atoms with Crippen molar-refractivity contribution >= 4 is 29.4 Å². The van der Waals surface area contributed by atoms with Crippen molar-refractivity contribution in [3.63, 3.8) is 0 Å². The number of non-ortho nitro benzene ring substituents is 1. The number of nitro groups is 1. The highest BCUT2D eigenvalue weighted by Crippen LogP contribution is 2.28. The minimum atomic E-state index is -0.439. The Labute approximate surface area is 102 Å². The van der Waals surface area contributed by atoms with Crippen molar-refractivity contribution in [3.8, 4) is 0 Å². The number of carbonyl (C=O) groups is 1. The zero-order chi connectivity index (χ0) is 12.4. The maximum atomic E-state index is 11.3. The number of hydrogen-bond acceptors (Lipinski definition) is 4. The van der Waals surface area contributed by atoms with Gasteiger partial charge in [-0.05, 0) is 30.7 Å². The van der Waals surface area contributed by atoms with Crippen LogP contribution in [-0.4, -0.2) is 16.1 Å². The van der Waals surface area contributed by atoms with Gasteiger partial charge in [0.15, 0.2) is 0 Å². The van der Waals surface area contributed by atoms with Gasteiger partial charge in [-0.25, -0.2) is 0 Å². The summed E-state index contributed by atoms with van der Waals surface area (Å²) in [6.07, 6.45) is 1.80. The second kappa shape index (κ2) is 4.58. The van der Waals surface area contributed by atoms with E-state index in [0.29, 0.717) is 0 Å². The van der Waals surface area contributed by atoms with Crippen LogP contribution in [0.3, 0.4) is 0 Å². The van der Waals surface area contributed by atoms with Crippen molar-refractivity contribution < 1.29 is 9.72 Å². The summed E-state index contributed by atoms with van der Waals surface area (Å²) < 4.78 is 0. The highest BCUT2D eigenvalue weighted by atomic mass is 32.2. The summed E-state index contributed by atoms with van der Waals surface area (Å²) in [6, 6.07) is 6.19. The fourth-order valence-corrected chi connectivity index (χ4v) is 2.32. The number of hydrogen-bond donors (Lipinski definition) is 1. The summed E-state index contributed by atoms with van der Waals surface area (Å²) in [6.45, 7) is 1.83. The van der Waals surface area contributed by atoms with Crippen molar-refractivity contribution in [1.29, 1.82) is 0 Å². The molecular weight excluding hydrogens is 240 g/mol. The fourth-order valence-electron chi connectivity index (χ4n) is 1.41. The van der Waals surface area contributed by atoms with Gasteiger partial charge in [0, 0.05) is 12.1 Å². The number of nitrogens with zero attached hydrogens (tertiary/aromatic N) is 1. The molecule has 1 N–H and O–H groups in total. The molecule has 0 aliphatic carbocycles. The summed E-state index contributed by atoms with van der Waals surface area (Å²) in [4.78, 5) is 21.3. The Morgan fingerprint density at radius 2 is 2.06 bits per heavy atom. The van der Waals surface area contributed by atoms with Gasteiger partial charge in [-0.2, -0.15) is 0 Å². The smallest absolute Gasteiger partial charge is 0.269 e. The van der Waals surface area contributed by atoms with E-state index in [1.165, 1.54) is 23.9 Å². The van der Waals surface area contributed by atoms with Gasteiger partial charge < -0.3 is 5.32 Å². The molecule has 1 fully saturated rings. The normalized spacial score (nSPS) is 21.6. The van der Waals surface area contributed by atoms with Crippen LogP contribution in [0.1, 0.15) is 12.5 Å². The molecule has 1 atom stereocenters. The summed E-state index contributed by atoms with van der Waals surface area (Å²) >= 11 is 1.45. The van der Waals surface area contributed by atoms with Gasteiger partial charge in [0.05, 0.1) is 15.2 Å². The van der Waals surface area contributed by atoms with Crippen molar-refractivity contribution in [1.82, 2.24) is 5.32 Å². The average Bonchev–Trinajstić information content (AvgIpc) is 2.58. The molecular formula is C11H10N2O3S. The van der Waals surface area contributed by atoms with Crippen LogP contribution in [0.2, 0.25) is 0 Å². The molecule has 0 radical (unpaired) electrons. The number of nitrogens with one attached hydrogen (secondary N) is 1. The van der Waals surface area contributed by atoms with Crippen molar-refractivity contribution in [2.24, 2.45) is 0 Å². The molecule has 2 rings (SSSR count). The van der Waals surface area contributed by atoms with Crippen LogP contribution in [0.15, 0.2) is 29.3 Å². The molecule has 5 nitrogen and oxygen atoms in total. The molecule has 1 aromatic carbocycles. The minimum Gasteiger partial charge on any atom is -0.320 e. The zero-order valence-electron chi connectivity index (χ0n) is 9.04. The van der Waals surface area contributed by atoms with Gasteiger partial charge in [0.2, 0.25) is 5.91 Å². The molecule has 1 aliphatic rings. The first-order valence-corrected chi connectivity index (χ1v) is 5.88.